The van der Waals surface area contributed by atoms with Crippen molar-refractivity contribution in [3.8, 4) is 0 Å². The molecule has 7 heteroatoms. The Hall–Kier alpha value is -0.0262. The van der Waals surface area contributed by atoms with E-state index in [1.807, 2.05) is 0 Å². The number of rotatable bonds is 8. The third-order valence-electron chi connectivity index (χ3n) is 9.64. The fourth-order valence-electron chi connectivity index (χ4n) is 8.46. The summed E-state index contributed by atoms with van der Waals surface area (Å²) in [5.41, 5.74) is 4.58. The highest BCUT2D eigenvalue weighted by atomic mass is 32.1. The van der Waals surface area contributed by atoms with Crippen LogP contribution in [0.2, 0.25) is 33.2 Å². The molecule has 0 nitrogen and oxygen atoms in total. The van der Waals surface area contributed by atoms with Gasteiger partial charge in [-0.1, -0.05) is 83.1 Å². The molecule has 202 valence electrons. The predicted octanol–water partition coefficient (Wildman–Crippen LogP) is 12.4. The molecule has 5 aromatic rings. The van der Waals surface area contributed by atoms with Gasteiger partial charge < -0.3 is 0 Å². The summed E-state index contributed by atoms with van der Waals surface area (Å²) in [7, 11) is -3.23. The van der Waals surface area contributed by atoms with E-state index in [1.165, 1.54) is 0 Å². The molecule has 0 saturated carbocycles. The molecule has 0 unspecified atom stereocenters. The number of hydrogen-bond donors (Lipinski definition) is 0. The van der Waals surface area contributed by atoms with Crippen molar-refractivity contribution in [3.63, 3.8) is 0 Å². The average Bonchev–Trinajstić information content (AvgIpc) is 3.52. The fourth-order valence-corrected chi connectivity index (χ4v) is 33.9. The number of fused-ring (bicyclic) bond motifs is 7. The van der Waals surface area contributed by atoms with Gasteiger partial charge in [0.25, 0.3) is 0 Å². The Morgan fingerprint density at radius 3 is 0.919 bits per heavy atom. The lowest BCUT2D eigenvalue weighted by molar-refractivity contribution is 0.837. The number of thiophene rings is 5. The van der Waals surface area contributed by atoms with Gasteiger partial charge in [0.1, 0.15) is 16.1 Å². The Kier molecular flexibility index (Phi) is 7.56. The van der Waals surface area contributed by atoms with Crippen molar-refractivity contribution in [2.45, 2.75) is 116 Å². The van der Waals surface area contributed by atoms with E-state index < -0.39 is 16.1 Å². The molecule has 37 heavy (non-hydrogen) atoms. The zero-order chi connectivity index (χ0) is 27.2. The summed E-state index contributed by atoms with van der Waals surface area (Å²) in [5, 5.41) is 0. The zero-order valence-electron chi connectivity index (χ0n) is 24.7. The second-order valence-electron chi connectivity index (χ2n) is 13.0. The molecule has 0 N–H and O–H groups in total. The second-order valence-corrected chi connectivity index (χ2v) is 30.7. The van der Waals surface area contributed by atoms with E-state index in [0.29, 0.717) is 0 Å². The minimum Gasteiger partial charge on any atom is -0.142 e. The van der Waals surface area contributed by atoms with Gasteiger partial charge in [-0.05, 0) is 54.4 Å². The first-order chi connectivity index (χ1) is 17.3. The summed E-state index contributed by atoms with van der Waals surface area (Å²) in [6.45, 7) is 30.0. The maximum atomic E-state index is 2.64. The molecule has 0 spiro atoms. The van der Waals surface area contributed by atoms with E-state index in [9.17, 15) is 0 Å². The summed E-state index contributed by atoms with van der Waals surface area (Å²) in [6, 6.07) is 5.27. The van der Waals surface area contributed by atoms with E-state index in [2.05, 4.69) is 152 Å². The topological polar surface area (TPSA) is 0 Å². The molecule has 5 aromatic heterocycles. The molecular weight excluding hydrogens is 577 g/mol. The lowest BCUT2D eigenvalue weighted by Gasteiger charge is -2.42. The van der Waals surface area contributed by atoms with Gasteiger partial charge in [0, 0.05) is 9.40 Å². The number of hydrogen-bond acceptors (Lipinski definition) is 5. The molecule has 0 aliphatic rings. The Morgan fingerprint density at radius 2 is 0.649 bits per heavy atom. The quantitative estimate of drug-likeness (QED) is 0.151. The molecule has 0 radical (unpaired) electrons. The first-order valence-electron chi connectivity index (χ1n) is 14.1. The van der Waals surface area contributed by atoms with Gasteiger partial charge in [0.05, 0.1) is 28.2 Å². The van der Waals surface area contributed by atoms with Gasteiger partial charge >= 0.3 is 0 Å². The molecule has 0 aliphatic carbocycles. The normalized spacial score (nSPS) is 14.3. The third-order valence-corrected chi connectivity index (χ3v) is 32.2. The van der Waals surface area contributed by atoms with Crippen LogP contribution in [0.5, 0.6) is 0 Å². The highest BCUT2D eigenvalue weighted by Gasteiger charge is 2.47. The first-order valence-corrected chi connectivity index (χ1v) is 22.7. The van der Waals surface area contributed by atoms with Crippen LogP contribution < -0.4 is 9.00 Å². The van der Waals surface area contributed by atoms with Gasteiger partial charge in [-0.3, -0.25) is 0 Å². The monoisotopic (exact) mass is 620 g/mol. The summed E-state index contributed by atoms with van der Waals surface area (Å²) in [4.78, 5) is 0. The molecular formula is C30H44S5Si2. The molecule has 0 bridgehead atoms. The summed E-state index contributed by atoms with van der Waals surface area (Å²) in [6.07, 6.45) is 0. The van der Waals surface area contributed by atoms with Crippen LogP contribution in [0, 0.1) is 0 Å². The van der Waals surface area contributed by atoms with Crippen LogP contribution in [0.25, 0.3) is 37.6 Å². The summed E-state index contributed by atoms with van der Waals surface area (Å²) >= 11 is 10.6. The van der Waals surface area contributed by atoms with Gasteiger partial charge in [0.15, 0.2) is 0 Å². The van der Waals surface area contributed by atoms with Crippen molar-refractivity contribution in [1.82, 2.24) is 0 Å². The average molecular weight is 621 g/mol. The zero-order valence-corrected chi connectivity index (χ0v) is 30.7. The van der Waals surface area contributed by atoms with Crippen LogP contribution in [0.1, 0.15) is 83.1 Å². The smallest absolute Gasteiger partial charge is 0.107 e. The molecule has 5 heterocycles. The lowest BCUT2D eigenvalue weighted by atomic mass is 10.4. The molecule has 0 amide bonds. The lowest BCUT2D eigenvalue weighted by Crippen LogP contribution is -2.54. The van der Waals surface area contributed by atoms with Crippen LogP contribution in [0.3, 0.4) is 0 Å². The van der Waals surface area contributed by atoms with Gasteiger partial charge in [0.2, 0.25) is 0 Å². The molecule has 0 aliphatic heterocycles. The second kappa shape index (κ2) is 9.81. The third kappa shape index (κ3) is 3.84. The van der Waals surface area contributed by atoms with Crippen LogP contribution in [-0.4, -0.2) is 16.1 Å². The molecule has 5 rings (SSSR count). The van der Waals surface area contributed by atoms with Gasteiger partial charge in [-0.15, -0.1) is 56.7 Å². The minimum atomic E-state index is -1.62. The van der Waals surface area contributed by atoms with E-state index in [1.54, 1.807) is 46.6 Å². The Bertz CT molecular complexity index is 1400. The van der Waals surface area contributed by atoms with Crippen molar-refractivity contribution >= 4 is 119 Å². The van der Waals surface area contributed by atoms with Gasteiger partial charge in [-0.25, -0.2) is 0 Å². The first kappa shape index (κ1) is 28.5. The Labute approximate surface area is 246 Å². The summed E-state index contributed by atoms with van der Waals surface area (Å²) in [5.74, 6) is 0. The van der Waals surface area contributed by atoms with E-state index in [0.717, 1.165) is 33.2 Å². The molecule has 0 atom stereocenters. The van der Waals surface area contributed by atoms with Crippen LogP contribution >= 0.6 is 56.7 Å². The largest absolute Gasteiger partial charge is 0.142 e. The predicted molar refractivity (Wildman–Crippen MR) is 187 cm³/mol. The molecule has 0 saturated heterocycles. The van der Waals surface area contributed by atoms with Crippen LogP contribution in [-0.2, 0) is 0 Å². The van der Waals surface area contributed by atoms with E-state index in [4.69, 9.17) is 0 Å². The standard InChI is InChI=1S/C30H44S5Si2/c1-15(2)36(16(3)4,17(5)6)23-13-21-25(33-23)27-29(31-21)30-28(35-27)26-22(32-30)14-24(34-26)37(18(7)8,19(9)10)20(11)12/h13-20H,1-12H3. The van der Waals surface area contributed by atoms with Crippen LogP contribution in [0.15, 0.2) is 12.1 Å². The Balaban J connectivity index is 1.70. The SMILES string of the molecule is CC(C)[Si](c1cc2sc3c(sc4c5sc([Si](C(C)C)(C(C)C)C(C)C)cc5sc43)c2s1)(C(C)C)C(C)C. The van der Waals surface area contributed by atoms with Crippen molar-refractivity contribution in [1.29, 1.82) is 0 Å². The Morgan fingerprint density at radius 1 is 0.378 bits per heavy atom. The van der Waals surface area contributed by atoms with Crippen molar-refractivity contribution < 1.29 is 0 Å². The minimum absolute atomic E-state index is 0.763. The molecule has 0 aromatic carbocycles. The maximum Gasteiger partial charge on any atom is 0.107 e. The highest BCUT2D eigenvalue weighted by Crippen LogP contribution is 2.54. The van der Waals surface area contributed by atoms with Gasteiger partial charge in [-0.2, -0.15) is 0 Å². The van der Waals surface area contributed by atoms with E-state index in [-0.39, 0.29) is 0 Å². The fraction of sp³-hybridized carbons (Fsp3) is 0.600. The van der Waals surface area contributed by atoms with Crippen molar-refractivity contribution in [2.75, 3.05) is 0 Å². The molecule has 0 fully saturated rings. The van der Waals surface area contributed by atoms with Crippen molar-refractivity contribution in [2.24, 2.45) is 0 Å². The summed E-state index contributed by atoms with van der Waals surface area (Å²) < 4.78 is 16.0. The van der Waals surface area contributed by atoms with Crippen molar-refractivity contribution in [3.05, 3.63) is 12.1 Å². The van der Waals surface area contributed by atoms with E-state index >= 15 is 0 Å². The highest BCUT2D eigenvalue weighted by molar-refractivity contribution is 7.50. The van der Waals surface area contributed by atoms with Crippen LogP contribution in [0.4, 0.5) is 0 Å². The maximum absolute atomic E-state index is 2.64.